The molecule has 0 spiro atoms. The minimum atomic E-state index is -0.255. The van der Waals surface area contributed by atoms with Crippen molar-refractivity contribution in [2.75, 3.05) is 18.5 Å². The summed E-state index contributed by atoms with van der Waals surface area (Å²) in [6.07, 6.45) is 5.93. The maximum absolute atomic E-state index is 12.3. The molecule has 22 heavy (non-hydrogen) atoms. The van der Waals surface area contributed by atoms with Crippen molar-refractivity contribution in [3.8, 4) is 0 Å². The highest BCUT2D eigenvalue weighted by atomic mass is 16.3. The first-order valence-corrected chi connectivity index (χ1v) is 8.40. The van der Waals surface area contributed by atoms with Gasteiger partial charge in [0.1, 0.15) is 0 Å². The molecule has 0 atom stereocenters. The first kappa shape index (κ1) is 17.0. The Morgan fingerprint density at radius 2 is 1.77 bits per heavy atom. The van der Waals surface area contributed by atoms with E-state index < -0.39 is 0 Å². The Hall–Kier alpha value is -1.39. The lowest BCUT2D eigenvalue weighted by Gasteiger charge is -2.28. The molecule has 1 fully saturated rings. The number of nitrogens with one attached hydrogen (secondary N) is 2. The predicted molar refractivity (Wildman–Crippen MR) is 90.1 cm³/mol. The lowest BCUT2D eigenvalue weighted by atomic mass is 9.99. The molecule has 1 aliphatic rings. The number of hydrogen-bond acceptors (Lipinski definition) is 3. The van der Waals surface area contributed by atoms with Crippen LogP contribution in [0.2, 0.25) is 0 Å². The highest BCUT2D eigenvalue weighted by Crippen LogP contribution is 2.29. The lowest BCUT2D eigenvalue weighted by molar-refractivity contribution is -0.115. The molecule has 1 aliphatic carbocycles. The van der Waals surface area contributed by atoms with Gasteiger partial charge in [-0.2, -0.15) is 0 Å². The smallest absolute Gasteiger partial charge is 0.238 e. The Balaban J connectivity index is 2.00. The molecule has 0 bridgehead atoms. The Kier molecular flexibility index (Phi) is 5.98. The second kappa shape index (κ2) is 7.75. The molecule has 1 amide bonds. The van der Waals surface area contributed by atoms with Crippen molar-refractivity contribution in [1.29, 1.82) is 0 Å². The van der Waals surface area contributed by atoms with Crippen LogP contribution in [0.15, 0.2) is 18.2 Å². The summed E-state index contributed by atoms with van der Waals surface area (Å²) < 4.78 is 0. The van der Waals surface area contributed by atoms with E-state index in [1.165, 1.54) is 11.1 Å². The molecule has 1 aromatic carbocycles. The van der Waals surface area contributed by atoms with Crippen LogP contribution in [-0.2, 0) is 17.6 Å². The van der Waals surface area contributed by atoms with Crippen molar-refractivity contribution in [1.82, 2.24) is 5.32 Å². The zero-order valence-electron chi connectivity index (χ0n) is 13.7. The molecule has 0 aromatic heterocycles. The van der Waals surface area contributed by atoms with Crippen LogP contribution >= 0.6 is 0 Å². The van der Waals surface area contributed by atoms with Gasteiger partial charge in [0.15, 0.2) is 0 Å². The summed E-state index contributed by atoms with van der Waals surface area (Å²) in [4.78, 5) is 12.3. The molecule has 4 heteroatoms. The number of benzene rings is 1. The van der Waals surface area contributed by atoms with Crippen molar-refractivity contribution < 1.29 is 9.90 Å². The number of carbonyl (C=O) groups excluding carboxylic acids is 1. The van der Waals surface area contributed by atoms with E-state index in [0.29, 0.717) is 0 Å². The molecule has 1 aromatic rings. The van der Waals surface area contributed by atoms with Gasteiger partial charge in [-0.3, -0.25) is 4.79 Å². The molecule has 0 aliphatic heterocycles. The van der Waals surface area contributed by atoms with E-state index in [1.54, 1.807) is 0 Å². The molecule has 0 unspecified atom stereocenters. The summed E-state index contributed by atoms with van der Waals surface area (Å²) in [5, 5.41) is 15.9. The quantitative estimate of drug-likeness (QED) is 0.726. The summed E-state index contributed by atoms with van der Waals surface area (Å²) in [6, 6.07) is 6.17. The van der Waals surface area contributed by atoms with Crippen LogP contribution in [0.1, 0.15) is 50.7 Å². The Bertz CT molecular complexity index is 486. The van der Waals surface area contributed by atoms with Gasteiger partial charge in [-0.25, -0.2) is 0 Å². The van der Waals surface area contributed by atoms with Gasteiger partial charge in [-0.15, -0.1) is 0 Å². The average Bonchev–Trinajstić information content (AvgIpc) is 3.02. The zero-order chi connectivity index (χ0) is 16.0. The highest BCUT2D eigenvalue weighted by molar-refractivity contribution is 5.93. The highest BCUT2D eigenvalue weighted by Gasteiger charge is 2.32. The molecule has 0 saturated heterocycles. The number of aliphatic hydroxyl groups excluding tert-OH is 1. The molecule has 2 rings (SSSR count). The van der Waals surface area contributed by atoms with Crippen LogP contribution < -0.4 is 10.6 Å². The second-order valence-corrected chi connectivity index (χ2v) is 6.21. The maximum Gasteiger partial charge on any atom is 0.238 e. The molecular weight excluding hydrogens is 276 g/mol. The van der Waals surface area contributed by atoms with Gasteiger partial charge < -0.3 is 15.7 Å². The number of carbonyl (C=O) groups is 1. The standard InChI is InChI=1S/C18H28N2O2/c1-3-14-8-7-9-15(4-2)17(14)20-16(22)12-19-18(13-21)10-5-6-11-18/h7-9,19,21H,3-6,10-13H2,1-2H3,(H,20,22). The molecule has 3 N–H and O–H groups in total. The molecule has 0 radical (unpaired) electrons. The third-order valence-corrected chi connectivity index (χ3v) is 4.75. The van der Waals surface area contributed by atoms with Gasteiger partial charge in [-0.1, -0.05) is 44.9 Å². The Morgan fingerprint density at radius 3 is 2.27 bits per heavy atom. The second-order valence-electron chi connectivity index (χ2n) is 6.21. The fourth-order valence-corrected chi connectivity index (χ4v) is 3.30. The maximum atomic E-state index is 12.3. The SMILES string of the molecule is CCc1cccc(CC)c1NC(=O)CNC1(CO)CCCC1. The first-order valence-electron chi connectivity index (χ1n) is 8.40. The third-order valence-electron chi connectivity index (χ3n) is 4.75. The van der Waals surface area contributed by atoms with Gasteiger partial charge in [0.25, 0.3) is 0 Å². The van der Waals surface area contributed by atoms with E-state index in [-0.39, 0.29) is 24.6 Å². The van der Waals surface area contributed by atoms with Gasteiger partial charge in [0.05, 0.1) is 13.2 Å². The van der Waals surface area contributed by atoms with Crippen LogP contribution in [0.4, 0.5) is 5.69 Å². The van der Waals surface area contributed by atoms with Crippen molar-refractivity contribution in [2.45, 2.75) is 57.9 Å². The van der Waals surface area contributed by atoms with Crippen molar-refractivity contribution in [3.63, 3.8) is 0 Å². The van der Waals surface area contributed by atoms with E-state index >= 15 is 0 Å². The Labute approximate surface area is 133 Å². The molecule has 122 valence electrons. The summed E-state index contributed by atoms with van der Waals surface area (Å²) in [7, 11) is 0. The summed E-state index contributed by atoms with van der Waals surface area (Å²) in [5.41, 5.74) is 3.05. The fourth-order valence-electron chi connectivity index (χ4n) is 3.30. The van der Waals surface area contributed by atoms with E-state index in [4.69, 9.17) is 0 Å². The first-order chi connectivity index (χ1) is 10.6. The van der Waals surface area contributed by atoms with E-state index in [2.05, 4.69) is 36.6 Å². The Morgan fingerprint density at radius 1 is 1.18 bits per heavy atom. The van der Waals surface area contributed by atoms with Gasteiger partial charge in [0.2, 0.25) is 5.91 Å². The number of aliphatic hydroxyl groups is 1. The monoisotopic (exact) mass is 304 g/mol. The molecule has 4 nitrogen and oxygen atoms in total. The van der Waals surface area contributed by atoms with Crippen molar-refractivity contribution in [3.05, 3.63) is 29.3 Å². The summed E-state index contributed by atoms with van der Waals surface area (Å²) in [5.74, 6) is -0.0321. The minimum Gasteiger partial charge on any atom is -0.394 e. The molecule has 1 saturated carbocycles. The fraction of sp³-hybridized carbons (Fsp3) is 0.611. The van der Waals surface area contributed by atoms with Gasteiger partial charge in [-0.05, 0) is 36.8 Å². The van der Waals surface area contributed by atoms with Crippen molar-refractivity contribution in [2.24, 2.45) is 0 Å². The van der Waals surface area contributed by atoms with E-state index in [9.17, 15) is 9.90 Å². The lowest BCUT2D eigenvalue weighted by Crippen LogP contribution is -2.49. The van der Waals surface area contributed by atoms with E-state index in [0.717, 1.165) is 44.2 Å². The minimum absolute atomic E-state index is 0.0321. The van der Waals surface area contributed by atoms with E-state index in [1.807, 2.05) is 6.07 Å². The number of amides is 1. The predicted octanol–water partition coefficient (Wildman–Crippen LogP) is 2.64. The van der Waals surface area contributed by atoms with Crippen LogP contribution in [-0.4, -0.2) is 29.7 Å². The third kappa shape index (κ3) is 3.87. The number of para-hydroxylation sites is 1. The number of anilines is 1. The topological polar surface area (TPSA) is 61.4 Å². The van der Waals surface area contributed by atoms with Crippen LogP contribution in [0.25, 0.3) is 0 Å². The molecule has 0 heterocycles. The number of rotatable bonds is 7. The van der Waals surface area contributed by atoms with Crippen LogP contribution in [0.3, 0.4) is 0 Å². The van der Waals surface area contributed by atoms with Crippen LogP contribution in [0.5, 0.6) is 0 Å². The van der Waals surface area contributed by atoms with Gasteiger partial charge >= 0.3 is 0 Å². The molecular formula is C18H28N2O2. The van der Waals surface area contributed by atoms with Crippen LogP contribution in [0, 0.1) is 0 Å². The number of hydrogen-bond donors (Lipinski definition) is 3. The normalized spacial score (nSPS) is 16.7. The summed E-state index contributed by atoms with van der Waals surface area (Å²) in [6.45, 7) is 4.55. The van der Waals surface area contributed by atoms with Gasteiger partial charge in [0, 0.05) is 11.2 Å². The summed E-state index contributed by atoms with van der Waals surface area (Å²) >= 11 is 0. The largest absolute Gasteiger partial charge is 0.394 e. The zero-order valence-corrected chi connectivity index (χ0v) is 13.7. The number of aryl methyl sites for hydroxylation is 2. The average molecular weight is 304 g/mol. The van der Waals surface area contributed by atoms with Crippen molar-refractivity contribution >= 4 is 11.6 Å².